The summed E-state index contributed by atoms with van der Waals surface area (Å²) in [7, 11) is 0. The number of hydrogen-bond donors (Lipinski definition) is 2. The largest absolute Gasteiger partial charge is 0.366 e. The van der Waals surface area contributed by atoms with Crippen LogP contribution in [-0.4, -0.2) is 16.8 Å². The van der Waals surface area contributed by atoms with Crippen LogP contribution in [0, 0.1) is 5.82 Å². The monoisotopic (exact) mass is 313 g/mol. The van der Waals surface area contributed by atoms with Crippen LogP contribution in [0.3, 0.4) is 0 Å². The predicted octanol–water partition coefficient (Wildman–Crippen LogP) is 2.38. The number of carbonyl (C=O) groups is 2. The van der Waals surface area contributed by atoms with Crippen molar-refractivity contribution in [1.29, 1.82) is 0 Å². The zero-order valence-electron chi connectivity index (χ0n) is 12.4. The van der Waals surface area contributed by atoms with Crippen molar-refractivity contribution in [3.63, 3.8) is 0 Å². The van der Waals surface area contributed by atoms with Crippen LogP contribution in [0.2, 0.25) is 0 Å². The fraction of sp³-hybridized carbons (Fsp3) is 0.235. The van der Waals surface area contributed by atoms with E-state index in [0.717, 1.165) is 30.2 Å². The molecule has 5 nitrogen and oxygen atoms in total. The molecule has 0 spiro atoms. The summed E-state index contributed by atoms with van der Waals surface area (Å²) in [6, 6.07) is 7.44. The van der Waals surface area contributed by atoms with Gasteiger partial charge in [-0.05, 0) is 49.1 Å². The standard InChI is InChI=1S/C17H16FN3O2/c18-13-7-6-11(16(19)22)9-14(13)21-17(23)12-5-1-3-10-4-2-8-20-15(10)12/h2,4,6-9,12H,1,3,5H2,(H2,19,22)(H,21,23)/t12-/m1/s1. The first-order valence-electron chi connectivity index (χ1n) is 7.40. The van der Waals surface area contributed by atoms with E-state index in [1.807, 2.05) is 12.1 Å². The Morgan fingerprint density at radius 3 is 2.91 bits per heavy atom. The third-order valence-electron chi connectivity index (χ3n) is 4.02. The number of rotatable bonds is 3. The molecule has 2 amide bonds. The van der Waals surface area contributed by atoms with Gasteiger partial charge in [0, 0.05) is 11.8 Å². The van der Waals surface area contributed by atoms with E-state index < -0.39 is 17.6 Å². The number of amides is 2. The van der Waals surface area contributed by atoms with Gasteiger partial charge in [-0.1, -0.05) is 6.07 Å². The van der Waals surface area contributed by atoms with Gasteiger partial charge in [-0.15, -0.1) is 0 Å². The smallest absolute Gasteiger partial charge is 0.248 e. The molecule has 0 aliphatic heterocycles. The first-order valence-corrected chi connectivity index (χ1v) is 7.40. The van der Waals surface area contributed by atoms with Crippen LogP contribution in [0.25, 0.3) is 0 Å². The van der Waals surface area contributed by atoms with E-state index in [9.17, 15) is 14.0 Å². The van der Waals surface area contributed by atoms with Gasteiger partial charge in [-0.2, -0.15) is 0 Å². The number of carbonyl (C=O) groups excluding carboxylic acids is 2. The molecule has 1 heterocycles. The van der Waals surface area contributed by atoms with E-state index in [2.05, 4.69) is 10.3 Å². The summed E-state index contributed by atoms with van der Waals surface area (Å²) in [4.78, 5) is 28.0. The SMILES string of the molecule is NC(=O)c1ccc(F)c(NC(=O)[C@@H]2CCCc3cccnc32)c1. The summed E-state index contributed by atoms with van der Waals surface area (Å²) < 4.78 is 13.9. The molecule has 1 aliphatic carbocycles. The molecule has 3 N–H and O–H groups in total. The third-order valence-corrected chi connectivity index (χ3v) is 4.02. The number of aryl methyl sites for hydroxylation is 1. The number of fused-ring (bicyclic) bond motifs is 1. The Morgan fingerprint density at radius 2 is 2.13 bits per heavy atom. The van der Waals surface area contributed by atoms with E-state index in [1.165, 1.54) is 12.1 Å². The number of hydrogen-bond acceptors (Lipinski definition) is 3. The summed E-state index contributed by atoms with van der Waals surface area (Å²) in [6.45, 7) is 0. The Kier molecular flexibility index (Phi) is 4.06. The zero-order chi connectivity index (χ0) is 16.4. The molecular formula is C17H16FN3O2. The highest BCUT2D eigenvalue weighted by Gasteiger charge is 2.28. The predicted molar refractivity (Wildman–Crippen MR) is 83.5 cm³/mol. The van der Waals surface area contributed by atoms with Crippen molar-refractivity contribution in [3.05, 3.63) is 59.2 Å². The molecule has 0 saturated heterocycles. The molecule has 0 radical (unpaired) electrons. The number of nitrogens with one attached hydrogen (secondary N) is 1. The maximum atomic E-state index is 13.9. The molecule has 1 aromatic heterocycles. The second-order valence-electron chi connectivity index (χ2n) is 5.54. The summed E-state index contributed by atoms with van der Waals surface area (Å²) in [5.74, 6) is -2.03. The van der Waals surface area contributed by atoms with Crippen LogP contribution in [0.4, 0.5) is 10.1 Å². The summed E-state index contributed by atoms with van der Waals surface area (Å²) >= 11 is 0. The van der Waals surface area contributed by atoms with Crippen LogP contribution in [0.5, 0.6) is 0 Å². The number of benzene rings is 1. The number of anilines is 1. The van der Waals surface area contributed by atoms with Crippen LogP contribution in [0.1, 0.15) is 40.4 Å². The van der Waals surface area contributed by atoms with Crippen LogP contribution in [0.15, 0.2) is 36.5 Å². The Bertz CT molecular complexity index is 776. The summed E-state index contributed by atoms with van der Waals surface area (Å²) in [5.41, 5.74) is 7.07. The molecule has 0 fully saturated rings. The van der Waals surface area contributed by atoms with Crippen LogP contribution >= 0.6 is 0 Å². The average molecular weight is 313 g/mol. The molecule has 1 aliphatic rings. The van der Waals surface area contributed by atoms with Crippen molar-refractivity contribution >= 4 is 17.5 Å². The minimum atomic E-state index is -0.676. The van der Waals surface area contributed by atoms with E-state index in [0.29, 0.717) is 6.42 Å². The molecular weight excluding hydrogens is 297 g/mol. The quantitative estimate of drug-likeness (QED) is 0.912. The Hall–Kier alpha value is -2.76. The Morgan fingerprint density at radius 1 is 1.30 bits per heavy atom. The van der Waals surface area contributed by atoms with Crippen molar-refractivity contribution in [2.75, 3.05) is 5.32 Å². The third kappa shape index (κ3) is 3.06. The van der Waals surface area contributed by atoms with E-state index in [-0.39, 0.29) is 17.2 Å². The first-order chi connectivity index (χ1) is 11.1. The van der Waals surface area contributed by atoms with Gasteiger partial charge < -0.3 is 11.1 Å². The number of halogens is 1. The minimum absolute atomic E-state index is 0.0469. The Balaban J connectivity index is 1.86. The lowest BCUT2D eigenvalue weighted by Crippen LogP contribution is -2.26. The van der Waals surface area contributed by atoms with Crippen molar-refractivity contribution in [1.82, 2.24) is 4.98 Å². The molecule has 6 heteroatoms. The zero-order valence-corrected chi connectivity index (χ0v) is 12.4. The lowest BCUT2D eigenvalue weighted by molar-refractivity contribution is -0.118. The lowest BCUT2D eigenvalue weighted by atomic mass is 9.86. The lowest BCUT2D eigenvalue weighted by Gasteiger charge is -2.23. The fourth-order valence-corrected chi connectivity index (χ4v) is 2.86. The van der Waals surface area contributed by atoms with Gasteiger partial charge in [0.25, 0.3) is 0 Å². The van der Waals surface area contributed by atoms with Crippen molar-refractivity contribution in [3.8, 4) is 0 Å². The van der Waals surface area contributed by atoms with E-state index >= 15 is 0 Å². The molecule has 118 valence electrons. The first kappa shape index (κ1) is 15.1. The molecule has 23 heavy (non-hydrogen) atoms. The van der Waals surface area contributed by atoms with Gasteiger partial charge in [0.1, 0.15) is 5.82 Å². The van der Waals surface area contributed by atoms with Crippen molar-refractivity contribution < 1.29 is 14.0 Å². The average Bonchev–Trinajstić information content (AvgIpc) is 2.56. The van der Waals surface area contributed by atoms with E-state index in [1.54, 1.807) is 6.20 Å². The highest BCUT2D eigenvalue weighted by atomic mass is 19.1. The van der Waals surface area contributed by atoms with Crippen LogP contribution < -0.4 is 11.1 Å². The molecule has 1 atom stereocenters. The summed E-state index contributed by atoms with van der Waals surface area (Å²) in [5, 5.41) is 2.55. The van der Waals surface area contributed by atoms with Gasteiger partial charge in [-0.25, -0.2) is 4.39 Å². The maximum absolute atomic E-state index is 13.9. The number of nitrogens with two attached hydrogens (primary N) is 1. The minimum Gasteiger partial charge on any atom is -0.366 e. The highest BCUT2D eigenvalue weighted by Crippen LogP contribution is 2.31. The topological polar surface area (TPSA) is 85.1 Å². The molecule has 2 aromatic rings. The van der Waals surface area contributed by atoms with E-state index in [4.69, 9.17) is 5.73 Å². The summed E-state index contributed by atoms with van der Waals surface area (Å²) in [6.07, 6.45) is 4.07. The number of primary amides is 1. The van der Waals surface area contributed by atoms with Gasteiger partial charge in [0.05, 0.1) is 17.3 Å². The number of pyridine rings is 1. The maximum Gasteiger partial charge on any atom is 0.248 e. The number of aromatic nitrogens is 1. The molecule has 0 saturated carbocycles. The van der Waals surface area contributed by atoms with Crippen LogP contribution in [-0.2, 0) is 11.2 Å². The van der Waals surface area contributed by atoms with Crippen molar-refractivity contribution in [2.24, 2.45) is 5.73 Å². The Labute approximate surface area is 132 Å². The van der Waals surface area contributed by atoms with Gasteiger partial charge >= 0.3 is 0 Å². The molecule has 1 aromatic carbocycles. The highest BCUT2D eigenvalue weighted by molar-refractivity contribution is 5.98. The fourth-order valence-electron chi connectivity index (χ4n) is 2.86. The number of nitrogens with zero attached hydrogens (tertiary/aromatic N) is 1. The van der Waals surface area contributed by atoms with Gasteiger partial charge in [0.15, 0.2) is 0 Å². The second kappa shape index (κ2) is 6.16. The molecule has 0 unspecified atom stereocenters. The second-order valence-corrected chi connectivity index (χ2v) is 5.54. The van der Waals surface area contributed by atoms with Gasteiger partial charge in [-0.3, -0.25) is 14.6 Å². The molecule has 3 rings (SSSR count). The normalized spacial score (nSPS) is 16.5. The van der Waals surface area contributed by atoms with Crippen molar-refractivity contribution in [2.45, 2.75) is 25.2 Å². The molecule has 0 bridgehead atoms. The van der Waals surface area contributed by atoms with Gasteiger partial charge in [0.2, 0.25) is 11.8 Å².